The number of carbonyl (C=O) groups is 1. The van der Waals surface area contributed by atoms with Crippen molar-refractivity contribution in [1.29, 1.82) is 0 Å². The van der Waals surface area contributed by atoms with E-state index in [1.165, 1.54) is 4.57 Å². The van der Waals surface area contributed by atoms with Crippen LogP contribution in [0.1, 0.15) is 6.42 Å². The molecule has 2 aromatic carbocycles. The largest absolute Gasteiger partial charge is 0.385 e. The molecule has 146 valence electrons. The maximum absolute atomic E-state index is 12.9. The lowest BCUT2D eigenvalue weighted by molar-refractivity contribution is -0.116. The van der Waals surface area contributed by atoms with Gasteiger partial charge in [-0.05, 0) is 36.8 Å². The van der Waals surface area contributed by atoms with Crippen molar-refractivity contribution in [2.75, 3.05) is 19.0 Å². The van der Waals surface area contributed by atoms with Crippen LogP contribution in [0.5, 0.6) is 0 Å². The zero-order valence-electron chi connectivity index (χ0n) is 15.4. The minimum Gasteiger partial charge on any atom is -0.385 e. The number of nitrogens with zero attached hydrogens (tertiary/aromatic N) is 2. The van der Waals surface area contributed by atoms with Crippen molar-refractivity contribution in [1.82, 2.24) is 9.13 Å². The molecule has 0 spiro atoms. The van der Waals surface area contributed by atoms with Gasteiger partial charge >= 0.3 is 5.69 Å². The third kappa shape index (κ3) is 4.32. The highest BCUT2D eigenvalue weighted by Crippen LogP contribution is 2.15. The van der Waals surface area contributed by atoms with Crippen LogP contribution < -0.4 is 16.6 Å². The van der Waals surface area contributed by atoms with E-state index in [2.05, 4.69) is 5.32 Å². The van der Waals surface area contributed by atoms with E-state index in [-0.39, 0.29) is 18.6 Å². The first kappa shape index (κ1) is 19.9. The highest BCUT2D eigenvalue weighted by Gasteiger charge is 2.15. The SMILES string of the molecule is COCCCn1c(=O)c2ccccc2n(CC(=O)Nc2cccc(Cl)c2)c1=O. The van der Waals surface area contributed by atoms with Gasteiger partial charge in [0.25, 0.3) is 5.56 Å². The van der Waals surface area contributed by atoms with E-state index in [1.807, 2.05) is 0 Å². The van der Waals surface area contributed by atoms with E-state index in [0.717, 1.165) is 4.57 Å². The highest BCUT2D eigenvalue weighted by atomic mass is 35.5. The fourth-order valence-electron chi connectivity index (χ4n) is 3.00. The molecule has 0 unspecified atom stereocenters. The summed E-state index contributed by atoms with van der Waals surface area (Å²) >= 11 is 5.94. The van der Waals surface area contributed by atoms with E-state index in [9.17, 15) is 14.4 Å². The van der Waals surface area contributed by atoms with Crippen molar-refractivity contribution in [3.63, 3.8) is 0 Å². The van der Waals surface area contributed by atoms with Crippen molar-refractivity contribution in [3.05, 3.63) is 74.4 Å². The number of ether oxygens (including phenoxy) is 1. The number of nitrogens with one attached hydrogen (secondary N) is 1. The van der Waals surface area contributed by atoms with Gasteiger partial charge in [0, 0.05) is 31.0 Å². The first-order chi connectivity index (χ1) is 13.5. The van der Waals surface area contributed by atoms with Crippen molar-refractivity contribution >= 4 is 34.1 Å². The van der Waals surface area contributed by atoms with Crippen LogP contribution >= 0.6 is 11.6 Å². The summed E-state index contributed by atoms with van der Waals surface area (Å²) in [6.07, 6.45) is 0.513. The minimum absolute atomic E-state index is 0.215. The molecule has 7 nitrogen and oxygen atoms in total. The molecule has 0 atom stereocenters. The smallest absolute Gasteiger partial charge is 0.331 e. The predicted octanol–water partition coefficient (Wildman–Crippen LogP) is 2.49. The number of aromatic nitrogens is 2. The fraction of sp³-hybridized carbons (Fsp3) is 0.250. The molecule has 1 heterocycles. The van der Waals surface area contributed by atoms with E-state index < -0.39 is 11.6 Å². The molecule has 0 saturated heterocycles. The third-order valence-corrected chi connectivity index (χ3v) is 4.51. The number of benzene rings is 2. The number of carbonyl (C=O) groups excluding carboxylic acids is 1. The summed E-state index contributed by atoms with van der Waals surface area (Å²) in [5, 5.41) is 3.60. The molecule has 3 rings (SSSR count). The van der Waals surface area contributed by atoms with Crippen LogP contribution in [0.25, 0.3) is 10.9 Å². The number of amides is 1. The Morgan fingerprint density at radius 3 is 2.64 bits per heavy atom. The molecule has 1 N–H and O–H groups in total. The number of hydrogen-bond acceptors (Lipinski definition) is 4. The lowest BCUT2D eigenvalue weighted by Crippen LogP contribution is -2.42. The van der Waals surface area contributed by atoms with E-state index >= 15 is 0 Å². The molecule has 0 fully saturated rings. The summed E-state index contributed by atoms with van der Waals surface area (Å²) in [6.45, 7) is 0.413. The normalized spacial score (nSPS) is 10.9. The van der Waals surface area contributed by atoms with Gasteiger partial charge in [-0.1, -0.05) is 29.8 Å². The maximum atomic E-state index is 12.9. The number of anilines is 1. The van der Waals surface area contributed by atoms with Gasteiger partial charge < -0.3 is 10.1 Å². The lowest BCUT2D eigenvalue weighted by Gasteiger charge is -2.14. The molecule has 1 amide bonds. The van der Waals surface area contributed by atoms with E-state index in [0.29, 0.717) is 34.6 Å². The number of fused-ring (bicyclic) bond motifs is 1. The average Bonchev–Trinajstić information content (AvgIpc) is 2.68. The van der Waals surface area contributed by atoms with Crippen LogP contribution in [-0.2, 0) is 22.6 Å². The van der Waals surface area contributed by atoms with Crippen LogP contribution in [0.15, 0.2) is 58.1 Å². The molecule has 0 aliphatic rings. The highest BCUT2D eigenvalue weighted by molar-refractivity contribution is 6.30. The third-order valence-electron chi connectivity index (χ3n) is 4.27. The molecular formula is C20H20ClN3O4. The van der Waals surface area contributed by atoms with Crippen molar-refractivity contribution in [2.45, 2.75) is 19.5 Å². The summed E-state index contributed by atoms with van der Waals surface area (Å²) in [5.74, 6) is -0.392. The zero-order chi connectivity index (χ0) is 20.1. The summed E-state index contributed by atoms with van der Waals surface area (Å²) < 4.78 is 7.46. The quantitative estimate of drug-likeness (QED) is 0.616. The Morgan fingerprint density at radius 2 is 1.89 bits per heavy atom. The first-order valence-electron chi connectivity index (χ1n) is 8.78. The summed E-state index contributed by atoms with van der Waals surface area (Å²) in [5.41, 5.74) is 0.0502. The Labute approximate surface area is 166 Å². The van der Waals surface area contributed by atoms with E-state index in [1.54, 1.807) is 55.6 Å². The standard InChI is InChI=1S/C20H20ClN3O4/c1-28-11-5-10-23-19(26)16-8-2-3-9-17(16)24(20(23)27)13-18(25)22-15-7-4-6-14(21)12-15/h2-4,6-9,12H,5,10-11,13H2,1H3,(H,22,25). The lowest BCUT2D eigenvalue weighted by atomic mass is 10.2. The molecular weight excluding hydrogens is 382 g/mol. The van der Waals surface area contributed by atoms with Gasteiger partial charge in [0.1, 0.15) is 6.54 Å². The molecule has 0 radical (unpaired) electrons. The second-order valence-corrected chi connectivity index (χ2v) is 6.68. The first-order valence-corrected chi connectivity index (χ1v) is 9.16. The Morgan fingerprint density at radius 1 is 1.11 bits per heavy atom. The Hall–Kier alpha value is -2.90. The van der Waals surface area contributed by atoms with Gasteiger partial charge in [-0.15, -0.1) is 0 Å². The molecule has 3 aromatic rings. The summed E-state index contributed by atoms with van der Waals surface area (Å²) in [4.78, 5) is 38.2. The molecule has 8 heteroatoms. The number of rotatable bonds is 7. The van der Waals surface area contributed by atoms with Gasteiger partial charge in [-0.2, -0.15) is 0 Å². The zero-order valence-corrected chi connectivity index (χ0v) is 16.1. The second-order valence-electron chi connectivity index (χ2n) is 6.25. The Bertz CT molecular complexity index is 1120. The molecule has 0 bridgehead atoms. The number of hydrogen-bond donors (Lipinski definition) is 1. The molecule has 28 heavy (non-hydrogen) atoms. The minimum atomic E-state index is -0.527. The van der Waals surface area contributed by atoms with Gasteiger partial charge in [0.2, 0.25) is 5.91 Å². The molecule has 1 aromatic heterocycles. The summed E-state index contributed by atoms with van der Waals surface area (Å²) in [7, 11) is 1.56. The van der Waals surface area contributed by atoms with Gasteiger partial charge in [0.05, 0.1) is 10.9 Å². The van der Waals surface area contributed by atoms with Crippen molar-refractivity contribution < 1.29 is 9.53 Å². The van der Waals surface area contributed by atoms with E-state index in [4.69, 9.17) is 16.3 Å². The second kappa shape index (κ2) is 8.86. The number of para-hydroxylation sites is 1. The monoisotopic (exact) mass is 401 g/mol. The van der Waals surface area contributed by atoms with Crippen molar-refractivity contribution in [3.8, 4) is 0 Å². The molecule has 0 aliphatic heterocycles. The van der Waals surface area contributed by atoms with Crippen LogP contribution in [0, 0.1) is 0 Å². The number of halogens is 1. The Balaban J connectivity index is 1.98. The molecule has 0 saturated carbocycles. The van der Waals surface area contributed by atoms with Gasteiger partial charge in [-0.25, -0.2) is 4.79 Å². The van der Waals surface area contributed by atoms with Crippen LogP contribution in [0.2, 0.25) is 5.02 Å². The summed E-state index contributed by atoms with van der Waals surface area (Å²) in [6, 6.07) is 13.5. The van der Waals surface area contributed by atoms with Gasteiger partial charge in [0.15, 0.2) is 0 Å². The molecule has 0 aliphatic carbocycles. The van der Waals surface area contributed by atoms with Crippen LogP contribution in [0.4, 0.5) is 5.69 Å². The topological polar surface area (TPSA) is 82.3 Å². The maximum Gasteiger partial charge on any atom is 0.331 e. The van der Waals surface area contributed by atoms with Gasteiger partial charge in [-0.3, -0.25) is 18.7 Å². The van der Waals surface area contributed by atoms with Crippen LogP contribution in [-0.4, -0.2) is 28.8 Å². The number of methoxy groups -OCH3 is 1. The van der Waals surface area contributed by atoms with Crippen molar-refractivity contribution in [2.24, 2.45) is 0 Å². The van der Waals surface area contributed by atoms with Crippen LogP contribution in [0.3, 0.4) is 0 Å². The Kier molecular flexibility index (Phi) is 6.28. The predicted molar refractivity (Wildman–Crippen MR) is 109 cm³/mol. The average molecular weight is 402 g/mol. The fourth-order valence-corrected chi connectivity index (χ4v) is 3.19.